The summed E-state index contributed by atoms with van der Waals surface area (Å²) in [5.74, 6) is 1.84. The van der Waals surface area contributed by atoms with E-state index in [4.69, 9.17) is 9.97 Å². The van der Waals surface area contributed by atoms with Gasteiger partial charge >= 0.3 is 0 Å². The van der Waals surface area contributed by atoms with Gasteiger partial charge in [-0.25, -0.2) is 9.97 Å². The van der Waals surface area contributed by atoms with E-state index in [0.717, 1.165) is 30.0 Å². The number of hydrogen-bond acceptors (Lipinski definition) is 3. The fourth-order valence-corrected chi connectivity index (χ4v) is 2.71. The number of nitrogens with one attached hydrogen (secondary N) is 1. The lowest BCUT2D eigenvalue weighted by atomic mass is 9.96. The first-order chi connectivity index (χ1) is 9.28. The normalized spacial score (nSPS) is 14.0. The van der Waals surface area contributed by atoms with Gasteiger partial charge in [-0.05, 0) is 38.7 Å². The third kappa shape index (κ3) is 2.33. The van der Waals surface area contributed by atoms with Gasteiger partial charge in [-0.1, -0.05) is 23.8 Å². The highest BCUT2D eigenvalue weighted by Gasteiger charge is 2.17. The van der Waals surface area contributed by atoms with Crippen LogP contribution < -0.4 is 5.32 Å². The number of rotatable bonds is 2. The van der Waals surface area contributed by atoms with Crippen LogP contribution in [0.1, 0.15) is 29.7 Å². The van der Waals surface area contributed by atoms with E-state index in [-0.39, 0.29) is 0 Å². The van der Waals surface area contributed by atoms with Gasteiger partial charge in [0, 0.05) is 23.9 Å². The Hall–Kier alpha value is -1.90. The lowest BCUT2D eigenvalue weighted by Crippen LogP contribution is -2.11. The van der Waals surface area contributed by atoms with Crippen molar-refractivity contribution in [2.45, 2.75) is 32.6 Å². The lowest BCUT2D eigenvalue weighted by Gasteiger charge is -2.18. The van der Waals surface area contributed by atoms with Crippen LogP contribution in [0.25, 0.3) is 11.4 Å². The first-order valence-electron chi connectivity index (χ1n) is 6.92. The molecule has 3 heteroatoms. The predicted molar refractivity (Wildman–Crippen MR) is 78.4 cm³/mol. The minimum absolute atomic E-state index is 0.841. The Labute approximate surface area is 114 Å². The second-order valence-corrected chi connectivity index (χ2v) is 5.15. The Balaban J connectivity index is 2.12. The van der Waals surface area contributed by atoms with Gasteiger partial charge in [0.25, 0.3) is 0 Å². The summed E-state index contributed by atoms with van der Waals surface area (Å²) < 4.78 is 0. The van der Waals surface area contributed by atoms with Gasteiger partial charge in [-0.15, -0.1) is 0 Å². The van der Waals surface area contributed by atoms with Crippen LogP contribution in [0.2, 0.25) is 0 Å². The van der Waals surface area contributed by atoms with Gasteiger partial charge in [-0.3, -0.25) is 0 Å². The molecule has 1 aliphatic rings. The third-order valence-corrected chi connectivity index (χ3v) is 3.70. The van der Waals surface area contributed by atoms with Gasteiger partial charge < -0.3 is 5.32 Å². The molecule has 2 aromatic rings. The molecule has 0 bridgehead atoms. The molecule has 0 aliphatic heterocycles. The maximum absolute atomic E-state index is 4.78. The average molecular weight is 253 g/mol. The van der Waals surface area contributed by atoms with Crippen molar-refractivity contribution in [3.05, 3.63) is 41.1 Å². The first kappa shape index (κ1) is 12.2. The molecule has 3 rings (SSSR count). The third-order valence-electron chi connectivity index (χ3n) is 3.70. The van der Waals surface area contributed by atoms with Crippen LogP contribution in [0.15, 0.2) is 24.3 Å². The molecule has 0 radical (unpaired) electrons. The van der Waals surface area contributed by atoms with Gasteiger partial charge in [0.15, 0.2) is 5.82 Å². The van der Waals surface area contributed by atoms with Crippen molar-refractivity contribution in [3.8, 4) is 11.4 Å². The van der Waals surface area contributed by atoms with E-state index in [1.165, 1.54) is 29.7 Å². The number of aromatic nitrogens is 2. The zero-order valence-corrected chi connectivity index (χ0v) is 11.5. The van der Waals surface area contributed by atoms with E-state index >= 15 is 0 Å². The smallest absolute Gasteiger partial charge is 0.161 e. The fraction of sp³-hybridized carbons (Fsp3) is 0.375. The Kier molecular flexibility index (Phi) is 3.20. The summed E-state index contributed by atoms with van der Waals surface area (Å²) in [5.41, 5.74) is 4.88. The molecule has 0 unspecified atom stereocenters. The molecule has 1 aromatic carbocycles. The molecule has 1 aliphatic carbocycles. The molecule has 1 aromatic heterocycles. The Morgan fingerprint density at radius 1 is 1.11 bits per heavy atom. The maximum atomic E-state index is 4.78. The number of fused-ring (bicyclic) bond motifs is 1. The standard InChI is InChI=1S/C16H19N3/c1-11-6-5-7-12(10-11)15-18-14-9-4-3-8-13(14)16(17-2)19-15/h5-7,10H,3-4,8-9H2,1-2H3,(H,17,18,19). The van der Waals surface area contributed by atoms with Gasteiger partial charge in [-0.2, -0.15) is 0 Å². The van der Waals surface area contributed by atoms with Crippen LogP contribution in [-0.2, 0) is 12.8 Å². The summed E-state index contributed by atoms with van der Waals surface area (Å²) in [7, 11) is 1.94. The van der Waals surface area contributed by atoms with Gasteiger partial charge in [0.2, 0.25) is 0 Å². The van der Waals surface area contributed by atoms with E-state index in [1.54, 1.807) is 0 Å². The van der Waals surface area contributed by atoms with Crippen LogP contribution in [0.5, 0.6) is 0 Å². The number of anilines is 1. The zero-order valence-electron chi connectivity index (χ0n) is 11.5. The summed E-state index contributed by atoms with van der Waals surface area (Å²) >= 11 is 0. The molecule has 0 amide bonds. The Morgan fingerprint density at radius 3 is 2.74 bits per heavy atom. The van der Waals surface area contributed by atoms with Crippen LogP contribution in [0.4, 0.5) is 5.82 Å². The second-order valence-electron chi connectivity index (χ2n) is 5.15. The summed E-state index contributed by atoms with van der Waals surface area (Å²) in [4.78, 5) is 9.48. The quantitative estimate of drug-likeness (QED) is 0.891. The largest absolute Gasteiger partial charge is 0.373 e. The fourth-order valence-electron chi connectivity index (χ4n) is 2.71. The van der Waals surface area contributed by atoms with Crippen molar-refractivity contribution in [3.63, 3.8) is 0 Å². The Bertz CT molecular complexity index is 588. The molecule has 1 N–H and O–H groups in total. The maximum Gasteiger partial charge on any atom is 0.161 e. The summed E-state index contributed by atoms with van der Waals surface area (Å²) in [6.45, 7) is 2.10. The van der Waals surface area contributed by atoms with Crippen molar-refractivity contribution in [2.75, 3.05) is 12.4 Å². The molecule has 0 spiro atoms. The van der Waals surface area contributed by atoms with E-state index < -0.39 is 0 Å². The highest BCUT2D eigenvalue weighted by atomic mass is 15.0. The first-order valence-corrected chi connectivity index (χ1v) is 6.92. The molecule has 0 saturated heterocycles. The minimum atomic E-state index is 0.841. The molecular formula is C16H19N3. The van der Waals surface area contributed by atoms with Crippen molar-refractivity contribution < 1.29 is 0 Å². The Morgan fingerprint density at radius 2 is 1.95 bits per heavy atom. The van der Waals surface area contributed by atoms with Crippen molar-refractivity contribution in [1.82, 2.24) is 9.97 Å². The summed E-state index contributed by atoms with van der Waals surface area (Å²) in [6.07, 6.45) is 4.65. The molecule has 1 heterocycles. The molecule has 0 atom stereocenters. The van der Waals surface area contributed by atoms with E-state index in [0.29, 0.717) is 0 Å². The minimum Gasteiger partial charge on any atom is -0.373 e. The lowest BCUT2D eigenvalue weighted by molar-refractivity contribution is 0.665. The number of aryl methyl sites for hydroxylation is 2. The molecule has 3 nitrogen and oxygen atoms in total. The monoisotopic (exact) mass is 253 g/mol. The highest BCUT2D eigenvalue weighted by Crippen LogP contribution is 2.28. The number of benzene rings is 1. The number of hydrogen-bond donors (Lipinski definition) is 1. The van der Waals surface area contributed by atoms with Crippen molar-refractivity contribution >= 4 is 5.82 Å². The van der Waals surface area contributed by atoms with Crippen molar-refractivity contribution in [1.29, 1.82) is 0 Å². The zero-order chi connectivity index (χ0) is 13.2. The molecule has 0 fully saturated rings. The molecule has 0 saturated carbocycles. The van der Waals surface area contributed by atoms with Crippen LogP contribution >= 0.6 is 0 Å². The van der Waals surface area contributed by atoms with E-state index in [9.17, 15) is 0 Å². The molecular weight excluding hydrogens is 234 g/mol. The topological polar surface area (TPSA) is 37.8 Å². The van der Waals surface area contributed by atoms with Crippen LogP contribution in [0, 0.1) is 6.92 Å². The van der Waals surface area contributed by atoms with E-state index in [1.807, 2.05) is 7.05 Å². The predicted octanol–water partition coefficient (Wildman–Crippen LogP) is 3.37. The summed E-state index contributed by atoms with van der Waals surface area (Å²) in [5, 5.41) is 3.23. The number of nitrogens with zero attached hydrogens (tertiary/aromatic N) is 2. The van der Waals surface area contributed by atoms with Gasteiger partial charge in [0.1, 0.15) is 5.82 Å². The molecule has 98 valence electrons. The van der Waals surface area contributed by atoms with Gasteiger partial charge in [0.05, 0.1) is 0 Å². The SMILES string of the molecule is CNc1nc(-c2cccc(C)c2)nc2c1CCCC2. The summed E-state index contributed by atoms with van der Waals surface area (Å²) in [6, 6.07) is 8.38. The van der Waals surface area contributed by atoms with Crippen LogP contribution in [0.3, 0.4) is 0 Å². The van der Waals surface area contributed by atoms with Crippen LogP contribution in [-0.4, -0.2) is 17.0 Å². The van der Waals surface area contributed by atoms with E-state index in [2.05, 4.69) is 36.5 Å². The highest BCUT2D eigenvalue weighted by molar-refractivity contribution is 5.61. The van der Waals surface area contributed by atoms with Crippen molar-refractivity contribution in [2.24, 2.45) is 0 Å². The average Bonchev–Trinajstić information content (AvgIpc) is 2.46. The second kappa shape index (κ2) is 5.00. The molecule has 19 heavy (non-hydrogen) atoms.